The van der Waals surface area contributed by atoms with Gasteiger partial charge in [-0.1, -0.05) is 6.92 Å². The molecule has 2 aromatic heterocycles. The van der Waals surface area contributed by atoms with Gasteiger partial charge in [0.05, 0.1) is 27.7 Å². The number of hydrogen-bond acceptors (Lipinski definition) is 4. The first-order valence-corrected chi connectivity index (χ1v) is 11.0. The van der Waals surface area contributed by atoms with E-state index in [9.17, 15) is 13.6 Å². The Hall–Kier alpha value is -2.61. The highest BCUT2D eigenvalue weighted by Gasteiger charge is 2.30. The Labute approximate surface area is 178 Å². The Morgan fingerprint density at radius 2 is 2.10 bits per heavy atom. The van der Waals surface area contributed by atoms with E-state index < -0.39 is 11.6 Å². The number of hydrogen-bond donors (Lipinski definition) is 0. The zero-order valence-corrected chi connectivity index (χ0v) is 18.1. The van der Waals surface area contributed by atoms with Crippen LogP contribution in [0.4, 0.5) is 8.78 Å². The van der Waals surface area contributed by atoms with Crippen molar-refractivity contribution >= 4 is 17.2 Å². The molecule has 4 rings (SSSR count). The summed E-state index contributed by atoms with van der Waals surface area (Å²) in [5.41, 5.74) is 2.78. The Morgan fingerprint density at radius 1 is 1.30 bits per heavy atom. The van der Waals surface area contributed by atoms with E-state index in [0.29, 0.717) is 30.0 Å². The van der Waals surface area contributed by atoms with E-state index in [2.05, 4.69) is 17.4 Å². The van der Waals surface area contributed by atoms with Crippen LogP contribution in [0.15, 0.2) is 23.6 Å². The zero-order valence-electron chi connectivity index (χ0n) is 17.3. The van der Waals surface area contributed by atoms with Crippen molar-refractivity contribution in [2.24, 2.45) is 0 Å². The molecule has 8 heteroatoms. The molecule has 30 heavy (non-hydrogen) atoms. The molecule has 158 valence electrons. The van der Waals surface area contributed by atoms with Gasteiger partial charge < -0.3 is 4.90 Å². The number of rotatable bonds is 4. The van der Waals surface area contributed by atoms with Gasteiger partial charge in [0.25, 0.3) is 5.91 Å². The van der Waals surface area contributed by atoms with E-state index in [1.807, 2.05) is 4.90 Å². The van der Waals surface area contributed by atoms with Crippen molar-refractivity contribution in [2.45, 2.75) is 46.0 Å². The Kier molecular flexibility index (Phi) is 5.69. The van der Waals surface area contributed by atoms with Gasteiger partial charge in [-0.25, -0.2) is 18.4 Å². The zero-order chi connectivity index (χ0) is 21.4. The summed E-state index contributed by atoms with van der Waals surface area (Å²) in [7, 11) is 0. The minimum atomic E-state index is -0.715. The standard InChI is InChI=1S/C22H24F2N4OS/c1-4-17-12-30-21(25-17)15-6-5-9-27(11-15)22(29)20-13(2)26-28(14(20)3)19-8-7-16(23)10-18(19)24/h7-8,10,12,15H,4-6,9,11H2,1-3H3. The van der Waals surface area contributed by atoms with Gasteiger partial charge in [0.15, 0.2) is 5.82 Å². The van der Waals surface area contributed by atoms with Crippen molar-refractivity contribution in [1.29, 1.82) is 0 Å². The van der Waals surface area contributed by atoms with Crippen molar-refractivity contribution in [2.75, 3.05) is 13.1 Å². The first-order valence-electron chi connectivity index (χ1n) is 10.1. The molecule has 1 unspecified atom stereocenters. The second kappa shape index (κ2) is 8.26. The highest BCUT2D eigenvalue weighted by atomic mass is 32.1. The third-order valence-corrected chi connectivity index (χ3v) is 6.69. The number of nitrogens with zero attached hydrogens (tertiary/aromatic N) is 4. The molecule has 0 bridgehead atoms. The summed E-state index contributed by atoms with van der Waals surface area (Å²) in [5, 5.41) is 7.55. The summed E-state index contributed by atoms with van der Waals surface area (Å²) in [6.07, 6.45) is 2.83. The maximum Gasteiger partial charge on any atom is 0.257 e. The van der Waals surface area contributed by atoms with Crippen LogP contribution in [0.25, 0.3) is 5.69 Å². The molecule has 1 atom stereocenters. The lowest BCUT2D eigenvalue weighted by Crippen LogP contribution is -2.39. The van der Waals surface area contributed by atoms with E-state index in [-0.39, 0.29) is 17.5 Å². The van der Waals surface area contributed by atoms with Gasteiger partial charge in [0, 0.05) is 30.5 Å². The molecule has 1 aliphatic heterocycles. The Balaban J connectivity index is 1.61. The van der Waals surface area contributed by atoms with Crippen LogP contribution in [0.5, 0.6) is 0 Å². The van der Waals surface area contributed by atoms with Crippen LogP contribution in [0.3, 0.4) is 0 Å². The van der Waals surface area contributed by atoms with Crippen LogP contribution in [0.1, 0.15) is 58.1 Å². The highest BCUT2D eigenvalue weighted by Crippen LogP contribution is 2.31. The SMILES string of the molecule is CCc1csc(C2CCCN(C(=O)c3c(C)nn(-c4ccc(F)cc4F)c3C)C2)n1. The van der Waals surface area contributed by atoms with Crippen molar-refractivity contribution in [3.05, 3.63) is 62.9 Å². The van der Waals surface area contributed by atoms with Crippen molar-refractivity contribution in [1.82, 2.24) is 19.7 Å². The van der Waals surface area contributed by atoms with E-state index in [1.165, 1.54) is 16.8 Å². The number of thiazole rings is 1. The number of aromatic nitrogens is 3. The van der Waals surface area contributed by atoms with Gasteiger partial charge in [-0.3, -0.25) is 4.79 Å². The van der Waals surface area contributed by atoms with Gasteiger partial charge in [-0.15, -0.1) is 11.3 Å². The van der Waals surface area contributed by atoms with Gasteiger partial charge in [0.1, 0.15) is 11.5 Å². The van der Waals surface area contributed by atoms with Gasteiger partial charge >= 0.3 is 0 Å². The van der Waals surface area contributed by atoms with Crippen LogP contribution in [-0.2, 0) is 6.42 Å². The lowest BCUT2D eigenvalue weighted by molar-refractivity contribution is 0.0705. The number of piperidine rings is 1. The lowest BCUT2D eigenvalue weighted by atomic mass is 9.97. The van der Waals surface area contributed by atoms with Crippen molar-refractivity contribution in [3.63, 3.8) is 0 Å². The highest BCUT2D eigenvalue weighted by molar-refractivity contribution is 7.09. The number of aryl methyl sites for hydroxylation is 2. The minimum absolute atomic E-state index is 0.101. The van der Waals surface area contributed by atoms with Gasteiger partial charge in [-0.05, 0) is 45.2 Å². The monoisotopic (exact) mass is 430 g/mol. The van der Waals surface area contributed by atoms with E-state index in [4.69, 9.17) is 4.98 Å². The van der Waals surface area contributed by atoms with Gasteiger partial charge in [-0.2, -0.15) is 5.10 Å². The molecule has 1 aliphatic rings. The number of carbonyl (C=O) groups is 1. The molecule has 0 aliphatic carbocycles. The number of halogens is 2. The smallest absolute Gasteiger partial charge is 0.257 e. The van der Waals surface area contributed by atoms with Crippen LogP contribution in [0.2, 0.25) is 0 Å². The van der Waals surface area contributed by atoms with E-state index in [0.717, 1.165) is 36.0 Å². The molecule has 3 heterocycles. The summed E-state index contributed by atoms with van der Waals surface area (Å²) < 4.78 is 28.9. The summed E-state index contributed by atoms with van der Waals surface area (Å²) >= 11 is 1.66. The predicted octanol–water partition coefficient (Wildman–Crippen LogP) is 4.81. The van der Waals surface area contributed by atoms with E-state index >= 15 is 0 Å². The van der Waals surface area contributed by atoms with Crippen molar-refractivity contribution in [3.8, 4) is 5.69 Å². The van der Waals surface area contributed by atoms with Crippen LogP contribution >= 0.6 is 11.3 Å². The van der Waals surface area contributed by atoms with Crippen molar-refractivity contribution < 1.29 is 13.6 Å². The normalized spacial score (nSPS) is 16.8. The second-order valence-electron chi connectivity index (χ2n) is 7.67. The first-order chi connectivity index (χ1) is 14.4. The Morgan fingerprint density at radius 3 is 2.80 bits per heavy atom. The molecule has 0 spiro atoms. The summed E-state index contributed by atoms with van der Waals surface area (Å²) in [6, 6.07) is 3.34. The average molecular weight is 431 g/mol. The number of amides is 1. The first kappa shape index (κ1) is 20.7. The fraction of sp³-hybridized carbons (Fsp3) is 0.409. The maximum absolute atomic E-state index is 14.3. The lowest BCUT2D eigenvalue weighted by Gasteiger charge is -2.32. The van der Waals surface area contributed by atoms with Crippen LogP contribution < -0.4 is 0 Å². The molecule has 1 fully saturated rings. The molecule has 0 N–H and O–H groups in total. The predicted molar refractivity (Wildman–Crippen MR) is 112 cm³/mol. The molecule has 0 radical (unpaired) electrons. The van der Waals surface area contributed by atoms with Gasteiger partial charge in [0.2, 0.25) is 0 Å². The molecular formula is C22H24F2N4OS. The topological polar surface area (TPSA) is 51.0 Å². The summed E-state index contributed by atoms with van der Waals surface area (Å²) in [5.74, 6) is -1.23. The fourth-order valence-corrected chi connectivity index (χ4v) is 5.06. The second-order valence-corrected chi connectivity index (χ2v) is 8.56. The molecule has 3 aromatic rings. The summed E-state index contributed by atoms with van der Waals surface area (Å²) in [6.45, 7) is 6.86. The number of benzene rings is 1. The largest absolute Gasteiger partial charge is 0.338 e. The molecule has 1 amide bonds. The third kappa shape index (κ3) is 3.76. The molecule has 1 aromatic carbocycles. The molecule has 0 saturated carbocycles. The maximum atomic E-state index is 14.3. The van der Waals surface area contributed by atoms with E-state index in [1.54, 1.807) is 25.2 Å². The number of likely N-dealkylation sites (tertiary alicyclic amines) is 1. The molecule has 5 nitrogen and oxygen atoms in total. The molecular weight excluding hydrogens is 406 g/mol. The quantitative estimate of drug-likeness (QED) is 0.597. The molecule has 1 saturated heterocycles. The minimum Gasteiger partial charge on any atom is -0.338 e. The number of carbonyl (C=O) groups excluding carboxylic acids is 1. The van der Waals surface area contributed by atoms with Crippen LogP contribution in [0, 0.1) is 25.5 Å². The summed E-state index contributed by atoms with van der Waals surface area (Å²) in [4.78, 5) is 19.9. The van der Waals surface area contributed by atoms with Crippen LogP contribution in [-0.4, -0.2) is 38.7 Å². The third-order valence-electron chi connectivity index (χ3n) is 5.63. The average Bonchev–Trinajstić information content (AvgIpc) is 3.32. The Bertz CT molecular complexity index is 1090. The fourth-order valence-electron chi connectivity index (χ4n) is 4.03.